The van der Waals surface area contributed by atoms with E-state index in [0.717, 1.165) is 36.1 Å². The second-order valence-electron chi connectivity index (χ2n) is 4.40. The fourth-order valence-electron chi connectivity index (χ4n) is 2.20. The molecule has 1 saturated heterocycles. The third kappa shape index (κ3) is 3.00. The number of halogens is 1. The monoisotopic (exact) mass is 299 g/mol. The number of hydrogen-bond donors (Lipinski definition) is 1. The van der Waals surface area contributed by atoms with E-state index < -0.39 is 0 Å². The molecule has 2 rings (SSSR count). The molecule has 0 unspecified atom stereocenters. The third-order valence-electron chi connectivity index (χ3n) is 3.31. The van der Waals surface area contributed by atoms with Crippen molar-refractivity contribution < 1.29 is 9.84 Å². The molecule has 3 nitrogen and oxygen atoms in total. The first-order valence-corrected chi connectivity index (χ1v) is 6.71. The lowest BCUT2D eigenvalue weighted by Crippen LogP contribution is -2.36. The highest BCUT2D eigenvalue weighted by atomic mass is 79.9. The van der Waals surface area contributed by atoms with E-state index in [1.54, 1.807) is 0 Å². The van der Waals surface area contributed by atoms with Gasteiger partial charge >= 0.3 is 0 Å². The lowest BCUT2D eigenvalue weighted by Gasteiger charge is -2.33. The van der Waals surface area contributed by atoms with Gasteiger partial charge in [0.25, 0.3) is 0 Å². The van der Waals surface area contributed by atoms with E-state index in [4.69, 9.17) is 9.84 Å². The molecule has 0 aromatic heterocycles. The fourth-order valence-corrected chi connectivity index (χ4v) is 2.91. The molecule has 0 radical (unpaired) electrons. The number of anilines is 1. The van der Waals surface area contributed by atoms with E-state index in [-0.39, 0.29) is 6.61 Å². The highest BCUT2D eigenvalue weighted by Gasteiger charge is 2.20. The van der Waals surface area contributed by atoms with Crippen LogP contribution >= 0.6 is 15.9 Å². The Hall–Kier alpha value is -0.580. The van der Waals surface area contributed by atoms with Crippen molar-refractivity contribution in [2.45, 2.75) is 25.5 Å². The van der Waals surface area contributed by atoms with Crippen molar-refractivity contribution in [2.75, 3.05) is 25.2 Å². The molecular formula is C13H18BrNO2. The van der Waals surface area contributed by atoms with Crippen LogP contribution in [-0.4, -0.2) is 31.4 Å². The number of aliphatic hydroxyl groups is 1. The molecule has 0 saturated carbocycles. The highest BCUT2D eigenvalue weighted by Crippen LogP contribution is 2.30. The molecule has 0 spiro atoms. The minimum atomic E-state index is 0.0832. The lowest BCUT2D eigenvalue weighted by molar-refractivity contribution is 0.0854. The van der Waals surface area contributed by atoms with Crippen LogP contribution in [0.4, 0.5) is 5.69 Å². The Morgan fingerprint density at radius 3 is 2.71 bits per heavy atom. The summed E-state index contributed by atoms with van der Waals surface area (Å²) in [6.07, 6.45) is 2.15. The minimum Gasteiger partial charge on any atom is -0.392 e. The second kappa shape index (κ2) is 5.85. The standard InChI is InChI=1S/C13H18BrNO2/c1-15(11-4-6-17-7-5-11)13-3-2-10(9-16)8-12(13)14/h2-3,8,11,16H,4-7,9H2,1H3. The van der Waals surface area contributed by atoms with Crippen molar-refractivity contribution in [1.29, 1.82) is 0 Å². The normalized spacial score (nSPS) is 17.1. The van der Waals surface area contributed by atoms with Crippen molar-refractivity contribution in [3.8, 4) is 0 Å². The number of hydrogen-bond acceptors (Lipinski definition) is 3. The molecule has 1 aromatic carbocycles. The maximum Gasteiger partial charge on any atom is 0.0682 e. The summed E-state index contributed by atoms with van der Waals surface area (Å²) in [6, 6.07) is 6.55. The van der Waals surface area contributed by atoms with Crippen LogP contribution in [0.2, 0.25) is 0 Å². The zero-order valence-corrected chi connectivity index (χ0v) is 11.6. The average molecular weight is 300 g/mol. The Labute approximate surface area is 111 Å². The molecule has 1 aliphatic heterocycles. The van der Waals surface area contributed by atoms with E-state index >= 15 is 0 Å². The van der Waals surface area contributed by atoms with Gasteiger partial charge in [0, 0.05) is 30.8 Å². The smallest absolute Gasteiger partial charge is 0.0682 e. The maximum absolute atomic E-state index is 9.09. The number of benzene rings is 1. The van der Waals surface area contributed by atoms with Gasteiger partial charge in [0.1, 0.15) is 0 Å². The molecule has 17 heavy (non-hydrogen) atoms. The summed E-state index contributed by atoms with van der Waals surface area (Å²) in [6.45, 7) is 1.78. The van der Waals surface area contributed by atoms with Gasteiger partial charge in [-0.1, -0.05) is 6.07 Å². The van der Waals surface area contributed by atoms with Crippen LogP contribution in [0.25, 0.3) is 0 Å². The van der Waals surface area contributed by atoms with Crippen LogP contribution in [0.5, 0.6) is 0 Å². The summed E-state index contributed by atoms with van der Waals surface area (Å²) in [4.78, 5) is 2.30. The number of rotatable bonds is 3. The Morgan fingerprint density at radius 1 is 1.41 bits per heavy atom. The SMILES string of the molecule is CN(c1ccc(CO)cc1Br)C1CCOCC1. The summed E-state index contributed by atoms with van der Waals surface area (Å²) in [7, 11) is 2.12. The average Bonchev–Trinajstić information content (AvgIpc) is 2.39. The van der Waals surface area contributed by atoms with Crippen molar-refractivity contribution in [1.82, 2.24) is 0 Å². The molecule has 0 atom stereocenters. The quantitative estimate of drug-likeness (QED) is 0.931. The Morgan fingerprint density at radius 2 is 2.12 bits per heavy atom. The van der Waals surface area contributed by atoms with Crippen molar-refractivity contribution >= 4 is 21.6 Å². The van der Waals surface area contributed by atoms with Gasteiger partial charge in [0.15, 0.2) is 0 Å². The largest absolute Gasteiger partial charge is 0.392 e. The molecule has 4 heteroatoms. The van der Waals surface area contributed by atoms with Crippen LogP contribution in [-0.2, 0) is 11.3 Å². The van der Waals surface area contributed by atoms with Gasteiger partial charge in [0.2, 0.25) is 0 Å². The molecule has 0 amide bonds. The number of nitrogens with zero attached hydrogens (tertiary/aromatic N) is 1. The lowest BCUT2D eigenvalue weighted by atomic mass is 10.1. The zero-order valence-electron chi connectivity index (χ0n) is 10.0. The molecule has 1 fully saturated rings. The van der Waals surface area contributed by atoms with Crippen LogP contribution in [0.3, 0.4) is 0 Å². The van der Waals surface area contributed by atoms with Gasteiger partial charge in [-0.05, 0) is 46.5 Å². The van der Waals surface area contributed by atoms with Gasteiger partial charge in [-0.3, -0.25) is 0 Å². The molecular weight excluding hydrogens is 282 g/mol. The molecule has 1 heterocycles. The summed E-state index contributed by atoms with van der Waals surface area (Å²) >= 11 is 3.57. The second-order valence-corrected chi connectivity index (χ2v) is 5.25. The third-order valence-corrected chi connectivity index (χ3v) is 3.95. The fraction of sp³-hybridized carbons (Fsp3) is 0.538. The van der Waals surface area contributed by atoms with Gasteiger partial charge in [-0.25, -0.2) is 0 Å². The van der Waals surface area contributed by atoms with Gasteiger partial charge in [-0.15, -0.1) is 0 Å². The van der Waals surface area contributed by atoms with E-state index in [1.807, 2.05) is 12.1 Å². The summed E-state index contributed by atoms with van der Waals surface area (Å²) in [5.74, 6) is 0. The van der Waals surface area contributed by atoms with Crippen molar-refractivity contribution in [3.05, 3.63) is 28.2 Å². The Kier molecular flexibility index (Phi) is 4.42. The Bertz CT molecular complexity index is 378. The molecule has 1 N–H and O–H groups in total. The van der Waals surface area contributed by atoms with E-state index in [0.29, 0.717) is 6.04 Å². The van der Waals surface area contributed by atoms with Crippen LogP contribution in [0.15, 0.2) is 22.7 Å². The molecule has 1 aromatic rings. The highest BCUT2D eigenvalue weighted by molar-refractivity contribution is 9.10. The maximum atomic E-state index is 9.09. The zero-order chi connectivity index (χ0) is 12.3. The van der Waals surface area contributed by atoms with Gasteiger partial charge < -0.3 is 14.7 Å². The van der Waals surface area contributed by atoms with Crippen LogP contribution < -0.4 is 4.90 Å². The topological polar surface area (TPSA) is 32.7 Å². The predicted octanol–water partition coefficient (Wildman–Crippen LogP) is 2.56. The van der Waals surface area contributed by atoms with Crippen molar-refractivity contribution in [3.63, 3.8) is 0 Å². The summed E-state index contributed by atoms with van der Waals surface area (Å²) < 4.78 is 6.42. The summed E-state index contributed by atoms with van der Waals surface area (Å²) in [5, 5.41) is 9.09. The van der Waals surface area contributed by atoms with E-state index in [1.165, 1.54) is 5.69 Å². The van der Waals surface area contributed by atoms with Crippen molar-refractivity contribution in [2.24, 2.45) is 0 Å². The molecule has 0 aliphatic carbocycles. The van der Waals surface area contributed by atoms with Gasteiger partial charge in [-0.2, -0.15) is 0 Å². The van der Waals surface area contributed by atoms with Crippen LogP contribution in [0.1, 0.15) is 18.4 Å². The first-order valence-electron chi connectivity index (χ1n) is 5.92. The molecule has 1 aliphatic rings. The predicted molar refractivity (Wildman–Crippen MR) is 72.3 cm³/mol. The summed E-state index contributed by atoms with van der Waals surface area (Å²) in [5.41, 5.74) is 2.11. The first kappa shape index (κ1) is 12.9. The number of aliphatic hydroxyl groups excluding tert-OH is 1. The Balaban J connectivity index is 2.15. The van der Waals surface area contributed by atoms with E-state index in [2.05, 4.69) is 33.9 Å². The van der Waals surface area contributed by atoms with Crippen LogP contribution in [0, 0.1) is 0 Å². The molecule has 0 bridgehead atoms. The minimum absolute atomic E-state index is 0.0832. The van der Waals surface area contributed by atoms with E-state index in [9.17, 15) is 0 Å². The number of ether oxygens (including phenoxy) is 1. The first-order chi connectivity index (χ1) is 8.22. The van der Waals surface area contributed by atoms with Gasteiger partial charge in [0.05, 0.1) is 12.3 Å². The molecule has 94 valence electrons.